The highest BCUT2D eigenvalue weighted by Crippen LogP contribution is 2.31. The molecule has 1 aliphatic heterocycles. The smallest absolute Gasteiger partial charge is 0.244 e. The number of carbonyl (C=O) groups excluding carboxylic acids is 1. The van der Waals surface area contributed by atoms with Gasteiger partial charge in [-0.25, -0.2) is 8.42 Å². The Kier molecular flexibility index (Phi) is 4.72. The lowest BCUT2D eigenvalue weighted by Crippen LogP contribution is -2.43. The molecule has 1 amide bonds. The SMILES string of the molecule is CC(Nc1snc(N)c1S(C)(=O)=O)C(=O)N1CCCCC1. The number of amides is 1. The predicted octanol–water partition coefficient (Wildman–Crippen LogP) is 0.942. The minimum Gasteiger partial charge on any atom is -0.382 e. The molecule has 0 saturated carbocycles. The van der Waals surface area contributed by atoms with Crippen LogP contribution in [0.2, 0.25) is 0 Å². The highest BCUT2D eigenvalue weighted by Gasteiger charge is 2.26. The lowest BCUT2D eigenvalue weighted by molar-refractivity contribution is -0.132. The molecule has 2 rings (SSSR count). The van der Waals surface area contributed by atoms with Gasteiger partial charge in [-0.3, -0.25) is 4.79 Å². The fraction of sp³-hybridized carbons (Fsp3) is 0.667. The van der Waals surface area contributed by atoms with Gasteiger partial charge in [-0.1, -0.05) is 0 Å². The van der Waals surface area contributed by atoms with Gasteiger partial charge in [0.25, 0.3) is 0 Å². The number of hydrogen-bond donors (Lipinski definition) is 2. The Morgan fingerprint density at radius 1 is 1.38 bits per heavy atom. The maximum atomic E-state index is 12.3. The average molecular weight is 332 g/mol. The van der Waals surface area contributed by atoms with Gasteiger partial charge < -0.3 is 16.0 Å². The number of sulfone groups is 1. The molecule has 3 N–H and O–H groups in total. The normalized spacial score (nSPS) is 17.5. The predicted molar refractivity (Wildman–Crippen MR) is 83.2 cm³/mol. The Morgan fingerprint density at radius 3 is 2.57 bits per heavy atom. The van der Waals surface area contributed by atoms with Crippen LogP contribution in [0.5, 0.6) is 0 Å². The summed E-state index contributed by atoms with van der Waals surface area (Å²) < 4.78 is 27.3. The molecule has 0 bridgehead atoms. The van der Waals surface area contributed by atoms with Gasteiger partial charge in [0.1, 0.15) is 15.9 Å². The number of carbonyl (C=O) groups is 1. The molecule has 1 aliphatic rings. The monoisotopic (exact) mass is 332 g/mol. The molecule has 7 nitrogen and oxygen atoms in total. The van der Waals surface area contributed by atoms with E-state index in [-0.39, 0.29) is 16.6 Å². The van der Waals surface area contributed by atoms with Gasteiger partial charge in [-0.2, -0.15) is 4.37 Å². The third kappa shape index (κ3) is 3.65. The first-order valence-corrected chi connectivity index (χ1v) is 9.47. The van der Waals surface area contributed by atoms with Crippen LogP contribution in [-0.4, -0.2) is 49.0 Å². The van der Waals surface area contributed by atoms with E-state index in [0.717, 1.165) is 50.1 Å². The molecule has 1 atom stereocenters. The highest BCUT2D eigenvalue weighted by molar-refractivity contribution is 7.91. The molecule has 1 saturated heterocycles. The van der Waals surface area contributed by atoms with Crippen LogP contribution in [0, 0.1) is 0 Å². The Labute approximate surface area is 128 Å². The zero-order valence-electron chi connectivity index (χ0n) is 12.1. The first-order chi connectivity index (χ1) is 9.80. The molecule has 0 aromatic carbocycles. The molecule has 118 valence electrons. The maximum absolute atomic E-state index is 12.3. The van der Waals surface area contributed by atoms with E-state index in [9.17, 15) is 13.2 Å². The third-order valence-electron chi connectivity index (χ3n) is 3.43. The van der Waals surface area contributed by atoms with Crippen LogP contribution < -0.4 is 11.1 Å². The van der Waals surface area contributed by atoms with Crippen LogP contribution in [-0.2, 0) is 14.6 Å². The number of nitrogen functional groups attached to an aromatic ring is 1. The highest BCUT2D eigenvalue weighted by atomic mass is 32.2. The van der Waals surface area contributed by atoms with Gasteiger partial charge >= 0.3 is 0 Å². The van der Waals surface area contributed by atoms with Crippen LogP contribution in [0.4, 0.5) is 10.8 Å². The molecule has 21 heavy (non-hydrogen) atoms. The minimum absolute atomic E-state index is 0.0224. The lowest BCUT2D eigenvalue weighted by atomic mass is 10.1. The van der Waals surface area contributed by atoms with E-state index >= 15 is 0 Å². The summed E-state index contributed by atoms with van der Waals surface area (Å²) in [6.45, 7) is 3.24. The summed E-state index contributed by atoms with van der Waals surface area (Å²) in [5.41, 5.74) is 5.61. The van der Waals surface area contributed by atoms with E-state index in [1.54, 1.807) is 6.92 Å². The quantitative estimate of drug-likeness (QED) is 0.850. The van der Waals surface area contributed by atoms with E-state index in [1.165, 1.54) is 0 Å². The number of hydrogen-bond acceptors (Lipinski definition) is 7. The van der Waals surface area contributed by atoms with Crippen LogP contribution in [0.1, 0.15) is 26.2 Å². The van der Waals surface area contributed by atoms with Crippen molar-refractivity contribution in [1.82, 2.24) is 9.27 Å². The van der Waals surface area contributed by atoms with Crippen molar-refractivity contribution in [2.45, 2.75) is 37.1 Å². The summed E-state index contributed by atoms with van der Waals surface area (Å²) >= 11 is 0.959. The van der Waals surface area contributed by atoms with Gasteiger partial charge in [0.05, 0.1) is 0 Å². The Morgan fingerprint density at radius 2 is 2.00 bits per heavy atom. The van der Waals surface area contributed by atoms with Gasteiger partial charge in [-0.15, -0.1) is 0 Å². The van der Waals surface area contributed by atoms with Crippen molar-refractivity contribution < 1.29 is 13.2 Å². The lowest BCUT2D eigenvalue weighted by Gasteiger charge is -2.29. The fourth-order valence-electron chi connectivity index (χ4n) is 2.39. The van der Waals surface area contributed by atoms with Crippen molar-refractivity contribution in [3.8, 4) is 0 Å². The Hall–Kier alpha value is -1.35. The topological polar surface area (TPSA) is 105 Å². The van der Waals surface area contributed by atoms with Crippen molar-refractivity contribution in [1.29, 1.82) is 0 Å². The number of likely N-dealkylation sites (tertiary alicyclic amines) is 1. The fourth-order valence-corrected chi connectivity index (χ4v) is 4.53. The molecule has 9 heteroatoms. The van der Waals surface area contributed by atoms with E-state index in [4.69, 9.17) is 5.73 Å². The second-order valence-corrected chi connectivity index (χ2v) is 7.98. The van der Waals surface area contributed by atoms with Gasteiger partial charge in [0.2, 0.25) is 5.91 Å². The summed E-state index contributed by atoms with van der Waals surface area (Å²) in [5, 5.41) is 3.27. The molecule has 1 unspecified atom stereocenters. The zero-order valence-corrected chi connectivity index (χ0v) is 13.8. The standard InChI is InChI=1S/C12H20N4O3S2/c1-8(12(17)16-6-4-3-5-7-16)14-11-9(21(2,18)19)10(13)15-20-11/h8,14H,3-7H2,1-2H3,(H2,13,15). The van der Waals surface area contributed by atoms with Crippen molar-refractivity contribution in [2.24, 2.45) is 0 Å². The second-order valence-electron chi connectivity index (χ2n) is 5.25. The number of nitrogens with zero attached hydrogens (tertiary/aromatic N) is 2. The third-order valence-corrected chi connectivity index (χ3v) is 5.51. The van der Waals surface area contributed by atoms with E-state index in [0.29, 0.717) is 5.00 Å². The van der Waals surface area contributed by atoms with E-state index in [2.05, 4.69) is 9.69 Å². The van der Waals surface area contributed by atoms with Gasteiger partial charge in [-0.05, 0) is 37.7 Å². The van der Waals surface area contributed by atoms with Crippen LogP contribution in [0.25, 0.3) is 0 Å². The van der Waals surface area contributed by atoms with Crippen molar-refractivity contribution in [3.05, 3.63) is 0 Å². The molecular weight excluding hydrogens is 312 g/mol. The van der Waals surface area contributed by atoms with Crippen molar-refractivity contribution in [2.75, 3.05) is 30.4 Å². The number of anilines is 2. The minimum atomic E-state index is -3.48. The summed E-state index contributed by atoms with van der Waals surface area (Å²) in [6.07, 6.45) is 4.26. The molecule has 0 aliphatic carbocycles. The maximum Gasteiger partial charge on any atom is 0.244 e. The van der Waals surface area contributed by atoms with Gasteiger partial charge in [0, 0.05) is 19.3 Å². The summed E-state index contributed by atoms with van der Waals surface area (Å²) in [7, 11) is -3.48. The molecule has 1 aromatic heterocycles. The molecule has 1 aromatic rings. The van der Waals surface area contributed by atoms with Crippen LogP contribution in [0.3, 0.4) is 0 Å². The average Bonchev–Trinajstić information content (AvgIpc) is 2.79. The zero-order chi connectivity index (χ0) is 15.6. The van der Waals surface area contributed by atoms with Gasteiger partial charge in [0.15, 0.2) is 15.7 Å². The van der Waals surface area contributed by atoms with Crippen LogP contribution in [0.15, 0.2) is 4.90 Å². The molecule has 0 radical (unpaired) electrons. The largest absolute Gasteiger partial charge is 0.382 e. The molecule has 2 heterocycles. The Balaban J connectivity index is 2.13. The summed E-state index contributed by atoms with van der Waals surface area (Å²) in [6, 6.07) is -0.511. The number of nitrogens with one attached hydrogen (secondary N) is 1. The summed E-state index contributed by atoms with van der Waals surface area (Å²) in [4.78, 5) is 14.1. The van der Waals surface area contributed by atoms with Crippen molar-refractivity contribution >= 4 is 38.1 Å². The number of aromatic nitrogens is 1. The first kappa shape index (κ1) is 16.0. The second kappa shape index (κ2) is 6.18. The van der Waals surface area contributed by atoms with Crippen molar-refractivity contribution in [3.63, 3.8) is 0 Å². The van der Waals surface area contributed by atoms with Crippen LogP contribution >= 0.6 is 11.5 Å². The van der Waals surface area contributed by atoms with E-state index < -0.39 is 15.9 Å². The molecule has 0 spiro atoms. The number of rotatable bonds is 4. The Bertz CT molecular complexity index is 620. The number of nitrogens with two attached hydrogens (primary N) is 1. The summed E-state index contributed by atoms with van der Waals surface area (Å²) in [5.74, 6) is -0.0521. The number of piperidine rings is 1. The molecule has 1 fully saturated rings. The van der Waals surface area contributed by atoms with E-state index in [1.807, 2.05) is 4.90 Å². The first-order valence-electron chi connectivity index (χ1n) is 6.81. The molecular formula is C12H20N4O3S2.